The van der Waals surface area contributed by atoms with Gasteiger partial charge in [0.2, 0.25) is 0 Å². The summed E-state index contributed by atoms with van der Waals surface area (Å²) >= 11 is 0. The van der Waals surface area contributed by atoms with Gasteiger partial charge < -0.3 is 5.11 Å². The van der Waals surface area contributed by atoms with E-state index in [1.807, 2.05) is 0 Å². The summed E-state index contributed by atoms with van der Waals surface area (Å²) in [6, 6.07) is 39.7. The van der Waals surface area contributed by atoms with Crippen LogP contribution in [-0.2, 0) is 4.79 Å². The summed E-state index contributed by atoms with van der Waals surface area (Å²) < 4.78 is 0. The molecule has 2 heteroatoms. The van der Waals surface area contributed by atoms with Crippen LogP contribution in [0.4, 0.5) is 0 Å². The van der Waals surface area contributed by atoms with Crippen molar-refractivity contribution in [2.75, 3.05) is 0 Å². The van der Waals surface area contributed by atoms with Crippen molar-refractivity contribution in [3.63, 3.8) is 0 Å². The molecule has 158 valence electrons. The Kier molecular flexibility index (Phi) is 5.34. The van der Waals surface area contributed by atoms with Crippen molar-refractivity contribution < 1.29 is 9.90 Å². The van der Waals surface area contributed by atoms with E-state index >= 15 is 0 Å². The van der Waals surface area contributed by atoms with Gasteiger partial charge in [0, 0.05) is 6.08 Å². The molecule has 33 heavy (non-hydrogen) atoms. The average molecular weight is 427 g/mol. The van der Waals surface area contributed by atoms with Gasteiger partial charge in [-0.3, -0.25) is 0 Å². The van der Waals surface area contributed by atoms with E-state index in [2.05, 4.69) is 116 Å². The van der Waals surface area contributed by atoms with Crippen molar-refractivity contribution in [2.45, 2.75) is 0 Å². The van der Waals surface area contributed by atoms with E-state index in [0.717, 1.165) is 6.08 Å². The van der Waals surface area contributed by atoms with Crippen molar-refractivity contribution in [1.82, 2.24) is 0 Å². The molecule has 1 N–H and O–H groups in total. The maximum Gasteiger partial charge on any atom is 0.327 e. The molecule has 6 aromatic carbocycles. The molecular weight excluding hydrogens is 404 g/mol. The monoisotopic (exact) mass is 426 g/mol. The molecule has 0 aliphatic heterocycles. The zero-order chi connectivity index (χ0) is 22.8. The van der Waals surface area contributed by atoms with Crippen molar-refractivity contribution >= 4 is 49.1 Å². The van der Waals surface area contributed by atoms with E-state index in [1.54, 1.807) is 0 Å². The van der Waals surface area contributed by atoms with E-state index < -0.39 is 5.97 Å². The number of hydrogen-bond acceptors (Lipinski definition) is 1. The van der Waals surface area contributed by atoms with Crippen LogP contribution in [0.25, 0.3) is 54.2 Å². The second-order valence-corrected chi connectivity index (χ2v) is 7.99. The lowest BCUT2D eigenvalue weighted by Gasteiger charge is -2.12. The molecule has 6 rings (SSSR count). The number of hydrogen-bond donors (Lipinski definition) is 1. The van der Waals surface area contributed by atoms with Gasteiger partial charge in [0.25, 0.3) is 0 Å². The molecule has 0 spiro atoms. The summed E-state index contributed by atoms with van der Waals surface area (Å²) in [5.74, 6) is -0.981. The molecule has 0 heterocycles. The highest BCUT2D eigenvalue weighted by atomic mass is 16.4. The van der Waals surface area contributed by atoms with E-state index in [9.17, 15) is 4.79 Å². The van der Waals surface area contributed by atoms with E-state index in [-0.39, 0.29) is 0 Å². The molecule has 0 radical (unpaired) electrons. The van der Waals surface area contributed by atoms with E-state index in [4.69, 9.17) is 5.11 Å². The van der Waals surface area contributed by atoms with Crippen LogP contribution in [0, 0.1) is 0 Å². The lowest BCUT2D eigenvalue weighted by molar-refractivity contribution is -0.131. The number of rotatable bonds is 2. The molecule has 0 saturated heterocycles. The summed E-state index contributed by atoms with van der Waals surface area (Å²) in [6.45, 7) is 2.96. The predicted octanol–water partition coefficient (Wildman–Crippen LogP) is 8.22. The molecule has 0 aliphatic rings. The van der Waals surface area contributed by atoms with Crippen molar-refractivity contribution in [3.8, 4) is 11.1 Å². The minimum atomic E-state index is -0.981. The lowest BCUT2D eigenvalue weighted by atomic mass is 9.91. The van der Waals surface area contributed by atoms with Crippen LogP contribution in [0.1, 0.15) is 0 Å². The fraction of sp³-hybridized carbons (Fsp3) is 0. The summed E-state index contributed by atoms with van der Waals surface area (Å²) in [5.41, 5.74) is 2.59. The van der Waals surface area contributed by atoms with Gasteiger partial charge in [-0.1, -0.05) is 91.5 Å². The Morgan fingerprint density at radius 2 is 0.879 bits per heavy atom. The molecule has 0 saturated carbocycles. The maximum absolute atomic E-state index is 9.25. The Morgan fingerprint density at radius 1 is 0.545 bits per heavy atom. The smallest absolute Gasteiger partial charge is 0.327 e. The van der Waals surface area contributed by atoms with Gasteiger partial charge in [0.1, 0.15) is 0 Å². The van der Waals surface area contributed by atoms with E-state index in [1.165, 1.54) is 54.2 Å². The van der Waals surface area contributed by atoms with Gasteiger partial charge in [-0.15, -0.1) is 0 Å². The number of carbonyl (C=O) groups is 1. The molecule has 0 unspecified atom stereocenters. The number of fused-ring (bicyclic) bond motifs is 4. The quantitative estimate of drug-likeness (QED) is 0.224. The van der Waals surface area contributed by atoms with Crippen LogP contribution in [0.5, 0.6) is 0 Å². The molecule has 0 amide bonds. The third-order valence-electron chi connectivity index (χ3n) is 5.96. The highest BCUT2D eigenvalue weighted by Crippen LogP contribution is 2.37. The first-order chi connectivity index (χ1) is 16.1. The van der Waals surface area contributed by atoms with Crippen LogP contribution < -0.4 is 0 Å². The number of aliphatic carboxylic acids is 1. The fourth-order valence-corrected chi connectivity index (χ4v) is 4.40. The lowest BCUT2D eigenvalue weighted by Crippen LogP contribution is -1.85. The largest absolute Gasteiger partial charge is 0.478 e. The van der Waals surface area contributed by atoms with Crippen LogP contribution in [0.2, 0.25) is 0 Å². The zero-order valence-corrected chi connectivity index (χ0v) is 18.0. The van der Waals surface area contributed by atoms with Gasteiger partial charge in [0.05, 0.1) is 0 Å². The zero-order valence-electron chi connectivity index (χ0n) is 18.0. The molecule has 0 aliphatic carbocycles. The molecule has 2 nitrogen and oxygen atoms in total. The first-order valence-corrected chi connectivity index (χ1v) is 10.8. The topological polar surface area (TPSA) is 37.3 Å². The Labute approximate surface area is 192 Å². The minimum absolute atomic E-state index is 0.833. The first kappa shape index (κ1) is 20.5. The Balaban J connectivity index is 0.000000416. The third-order valence-corrected chi connectivity index (χ3v) is 5.96. The Bertz CT molecular complexity index is 1540. The Morgan fingerprint density at radius 3 is 1.24 bits per heavy atom. The summed E-state index contributed by atoms with van der Waals surface area (Å²) in [5, 5.41) is 17.9. The van der Waals surface area contributed by atoms with Gasteiger partial charge in [0.15, 0.2) is 0 Å². The van der Waals surface area contributed by atoms with Crippen molar-refractivity contribution in [2.24, 2.45) is 0 Å². The number of benzene rings is 6. The van der Waals surface area contributed by atoms with Gasteiger partial charge in [-0.05, 0) is 78.5 Å². The van der Waals surface area contributed by atoms with Crippen LogP contribution in [0.3, 0.4) is 0 Å². The van der Waals surface area contributed by atoms with Gasteiger partial charge in [-0.2, -0.15) is 0 Å². The molecule has 0 aromatic heterocycles. The molecule has 0 atom stereocenters. The fourth-order valence-electron chi connectivity index (χ4n) is 4.40. The van der Waals surface area contributed by atoms with E-state index in [0.29, 0.717) is 0 Å². The van der Waals surface area contributed by atoms with Crippen molar-refractivity contribution in [1.29, 1.82) is 0 Å². The maximum atomic E-state index is 9.25. The van der Waals surface area contributed by atoms with Gasteiger partial charge in [-0.25, -0.2) is 4.79 Å². The second-order valence-electron chi connectivity index (χ2n) is 7.99. The molecule has 0 fully saturated rings. The van der Waals surface area contributed by atoms with Crippen molar-refractivity contribution in [3.05, 3.63) is 122 Å². The molecule has 6 aromatic rings. The van der Waals surface area contributed by atoms with Gasteiger partial charge >= 0.3 is 5.97 Å². The SMILES string of the molecule is C=CC(=O)O.c1ccc2cc3c(-c4cccc5cc6ccccc6cc45)cccc3cc2c1. The summed E-state index contributed by atoms with van der Waals surface area (Å²) in [7, 11) is 0. The molecular formula is C31H22O2. The number of carboxylic acids is 1. The average Bonchev–Trinajstić information content (AvgIpc) is 2.86. The normalized spacial score (nSPS) is 10.8. The predicted molar refractivity (Wildman–Crippen MR) is 140 cm³/mol. The molecule has 0 bridgehead atoms. The number of carboxylic acid groups (broad SMARTS) is 1. The van der Waals surface area contributed by atoms with Crippen LogP contribution >= 0.6 is 0 Å². The highest BCUT2D eigenvalue weighted by molar-refractivity contribution is 6.11. The van der Waals surface area contributed by atoms with Crippen LogP contribution in [-0.4, -0.2) is 11.1 Å². The highest BCUT2D eigenvalue weighted by Gasteiger charge is 2.09. The minimum Gasteiger partial charge on any atom is -0.478 e. The Hall–Kier alpha value is -4.43. The summed E-state index contributed by atoms with van der Waals surface area (Å²) in [6.07, 6.45) is 0.833. The second kappa shape index (κ2) is 8.60. The summed E-state index contributed by atoms with van der Waals surface area (Å²) in [4.78, 5) is 9.25. The van der Waals surface area contributed by atoms with Crippen LogP contribution in [0.15, 0.2) is 122 Å². The first-order valence-electron chi connectivity index (χ1n) is 10.8. The standard InChI is InChI=1S/C28H18.C3H4O2/c1-3-9-21-17-27-23(15-19(21)7-1)11-5-13-25(27)26-14-6-12-24-16-20-8-2-4-10-22(20)18-28(24)26;1-2-3(4)5/h1-18H;2H,1H2,(H,4,5). The third kappa shape index (κ3) is 3.95.